The molecule has 4 heteroatoms. The van der Waals surface area contributed by atoms with Crippen molar-refractivity contribution in [2.45, 2.75) is 36.8 Å². The quantitative estimate of drug-likeness (QED) is 0.403. The Morgan fingerprint density at radius 2 is 1.83 bits per heavy atom. The number of fused-ring (bicyclic) bond motifs is 1. The van der Waals surface area contributed by atoms with Crippen LogP contribution in [0.1, 0.15) is 25.7 Å². The van der Waals surface area contributed by atoms with Crippen molar-refractivity contribution < 1.29 is 5.11 Å². The van der Waals surface area contributed by atoms with Crippen LogP contribution in [0.15, 0.2) is 0 Å². The van der Waals surface area contributed by atoms with Gasteiger partial charge in [-0.05, 0) is 38.8 Å². The van der Waals surface area contributed by atoms with Crippen LogP contribution in [-0.4, -0.2) is 42.1 Å². The van der Waals surface area contributed by atoms with Gasteiger partial charge in [0.2, 0.25) is 0 Å². The molecule has 2 aliphatic rings. The van der Waals surface area contributed by atoms with E-state index in [1.807, 2.05) is 0 Å². The van der Waals surface area contributed by atoms with E-state index in [9.17, 15) is 5.11 Å². The Morgan fingerprint density at radius 3 is 2.17 bits per heavy atom. The second kappa shape index (κ2) is 2.47. The Bertz CT molecular complexity index is 180. The maximum Gasteiger partial charge on any atom is 0.137 e. The van der Waals surface area contributed by atoms with Gasteiger partial charge in [0, 0.05) is 0 Å². The highest BCUT2D eigenvalue weighted by molar-refractivity contribution is 6.14. The lowest BCUT2D eigenvalue weighted by Gasteiger charge is -2.42. The van der Waals surface area contributed by atoms with Gasteiger partial charge >= 0.3 is 0 Å². The summed E-state index contributed by atoms with van der Waals surface area (Å²) in [6.07, 6.45) is 4.10. The lowest BCUT2D eigenvalue weighted by Crippen LogP contribution is -2.64. The molecule has 0 amide bonds. The molecule has 0 saturated carbocycles. The molecule has 3 N–H and O–H groups in total. The first-order chi connectivity index (χ1) is 5.56. The molecule has 12 heavy (non-hydrogen) atoms. The zero-order chi connectivity index (χ0) is 8.82. The predicted molar refractivity (Wildman–Crippen MR) is 47.7 cm³/mol. The van der Waals surface area contributed by atoms with Crippen molar-refractivity contribution in [3.8, 4) is 0 Å². The minimum Gasteiger partial charge on any atom is -0.383 e. The van der Waals surface area contributed by atoms with Crippen LogP contribution in [0.4, 0.5) is 0 Å². The van der Waals surface area contributed by atoms with E-state index in [0.29, 0.717) is 0 Å². The summed E-state index contributed by atoms with van der Waals surface area (Å²) in [4.78, 5) is 2.24. The number of nitrogens with two attached hydrogens (primary N) is 1. The minimum absolute atomic E-state index is 0.312. The summed E-state index contributed by atoms with van der Waals surface area (Å²) < 4.78 is 0. The van der Waals surface area contributed by atoms with Gasteiger partial charge in [-0.25, -0.2) is 0 Å². The molecule has 1 atom stereocenters. The van der Waals surface area contributed by atoms with Gasteiger partial charge in [-0.3, -0.25) is 4.90 Å². The molecule has 0 aromatic carbocycles. The fourth-order valence-corrected chi connectivity index (χ4v) is 2.76. The van der Waals surface area contributed by atoms with Crippen LogP contribution in [0.25, 0.3) is 0 Å². The Morgan fingerprint density at radius 1 is 1.33 bits per heavy atom. The van der Waals surface area contributed by atoms with E-state index in [4.69, 9.17) is 13.6 Å². The molecule has 0 aromatic rings. The average Bonchev–Trinajstić information content (AvgIpc) is 2.37. The minimum atomic E-state index is -1.51. The SMILES string of the molecule is [B]C(N)(O)C12CCCN1CCC2. The van der Waals surface area contributed by atoms with Gasteiger partial charge in [0.15, 0.2) is 0 Å². The van der Waals surface area contributed by atoms with Crippen LogP contribution in [-0.2, 0) is 0 Å². The number of hydrogen-bond acceptors (Lipinski definition) is 3. The molecule has 66 valence electrons. The van der Waals surface area contributed by atoms with Crippen molar-refractivity contribution in [3.05, 3.63) is 0 Å². The topological polar surface area (TPSA) is 49.5 Å². The van der Waals surface area contributed by atoms with E-state index in [1.54, 1.807) is 0 Å². The normalized spacial score (nSPS) is 33.2. The Labute approximate surface area is 74.3 Å². The molecule has 2 fully saturated rings. The lowest BCUT2D eigenvalue weighted by molar-refractivity contribution is -0.0143. The van der Waals surface area contributed by atoms with Crippen LogP contribution >= 0.6 is 0 Å². The van der Waals surface area contributed by atoms with E-state index < -0.39 is 5.62 Å². The predicted octanol–water partition coefficient (Wildman–Crippen LogP) is -0.612. The van der Waals surface area contributed by atoms with Crippen molar-refractivity contribution in [2.75, 3.05) is 13.1 Å². The summed E-state index contributed by atoms with van der Waals surface area (Å²) >= 11 is 0. The first kappa shape index (κ1) is 8.54. The van der Waals surface area contributed by atoms with Gasteiger partial charge in [0.1, 0.15) is 7.85 Å². The highest BCUT2D eigenvalue weighted by atomic mass is 16.3. The van der Waals surface area contributed by atoms with Crippen LogP contribution in [0.2, 0.25) is 0 Å². The molecule has 0 bridgehead atoms. The van der Waals surface area contributed by atoms with Crippen LogP contribution in [0, 0.1) is 0 Å². The van der Waals surface area contributed by atoms with Crippen LogP contribution in [0.3, 0.4) is 0 Å². The van der Waals surface area contributed by atoms with Crippen molar-refractivity contribution in [2.24, 2.45) is 5.73 Å². The summed E-state index contributed by atoms with van der Waals surface area (Å²) in [6.45, 7) is 2.08. The van der Waals surface area contributed by atoms with Gasteiger partial charge in [-0.1, -0.05) is 0 Å². The maximum atomic E-state index is 9.69. The van der Waals surface area contributed by atoms with Gasteiger partial charge < -0.3 is 10.8 Å². The summed E-state index contributed by atoms with van der Waals surface area (Å²) in [5.74, 6) is 0. The fraction of sp³-hybridized carbons (Fsp3) is 1.00. The second-order valence-corrected chi connectivity index (χ2v) is 4.05. The molecule has 2 radical (unpaired) electrons. The first-order valence-corrected chi connectivity index (χ1v) is 4.61. The molecule has 3 nitrogen and oxygen atoms in total. The fourth-order valence-electron chi connectivity index (χ4n) is 2.76. The first-order valence-electron chi connectivity index (χ1n) is 4.61. The highest BCUT2D eigenvalue weighted by Crippen LogP contribution is 2.42. The van der Waals surface area contributed by atoms with Crippen molar-refractivity contribution >= 4 is 7.85 Å². The zero-order valence-electron chi connectivity index (χ0n) is 7.29. The molecule has 1 unspecified atom stereocenters. The molecular weight excluding hydrogens is 151 g/mol. The monoisotopic (exact) mass is 166 g/mol. The average molecular weight is 166 g/mol. The zero-order valence-corrected chi connectivity index (χ0v) is 7.29. The van der Waals surface area contributed by atoms with Crippen molar-refractivity contribution in [1.29, 1.82) is 0 Å². The number of rotatable bonds is 1. The molecule has 0 aliphatic carbocycles. The van der Waals surface area contributed by atoms with Gasteiger partial charge in [0.05, 0.1) is 11.2 Å². The van der Waals surface area contributed by atoms with E-state index >= 15 is 0 Å². The third-order valence-electron chi connectivity index (χ3n) is 3.39. The van der Waals surface area contributed by atoms with Crippen LogP contribution < -0.4 is 5.73 Å². The van der Waals surface area contributed by atoms with Gasteiger partial charge in [0.25, 0.3) is 0 Å². The maximum absolute atomic E-state index is 9.69. The van der Waals surface area contributed by atoms with Crippen LogP contribution in [0.5, 0.6) is 0 Å². The van der Waals surface area contributed by atoms with Gasteiger partial charge in [-0.2, -0.15) is 0 Å². The summed E-state index contributed by atoms with van der Waals surface area (Å²) in [5.41, 5.74) is 3.78. The number of nitrogens with zero attached hydrogens (tertiary/aromatic N) is 1. The third kappa shape index (κ3) is 0.950. The molecule has 0 spiro atoms. The van der Waals surface area contributed by atoms with Crippen molar-refractivity contribution in [3.63, 3.8) is 0 Å². The summed E-state index contributed by atoms with van der Waals surface area (Å²) in [6, 6.07) is 0. The molecule has 2 rings (SSSR count). The van der Waals surface area contributed by atoms with Crippen molar-refractivity contribution in [1.82, 2.24) is 4.90 Å². The Balaban J connectivity index is 2.28. The summed E-state index contributed by atoms with van der Waals surface area (Å²) in [5, 5.41) is 9.69. The molecule has 2 heterocycles. The third-order valence-corrected chi connectivity index (χ3v) is 3.39. The van der Waals surface area contributed by atoms with E-state index in [1.165, 1.54) is 0 Å². The standard InChI is InChI=1S/C8H15BN2O/c9-8(10,12)7-3-1-5-11(7)6-2-4-7/h12H,1-6,10H2. The Kier molecular flexibility index (Phi) is 1.76. The van der Waals surface area contributed by atoms with E-state index in [-0.39, 0.29) is 5.54 Å². The summed E-state index contributed by atoms with van der Waals surface area (Å²) in [7, 11) is 5.61. The lowest BCUT2D eigenvalue weighted by atomic mass is 9.71. The highest BCUT2D eigenvalue weighted by Gasteiger charge is 2.53. The Hall–Kier alpha value is -0.0551. The smallest absolute Gasteiger partial charge is 0.137 e. The van der Waals surface area contributed by atoms with E-state index in [0.717, 1.165) is 38.8 Å². The molecule has 2 aliphatic heterocycles. The number of aliphatic hydroxyl groups is 1. The number of hydrogen-bond donors (Lipinski definition) is 2. The molecular formula is C8H15BN2O. The largest absolute Gasteiger partial charge is 0.383 e. The molecule has 0 aromatic heterocycles. The molecule has 2 saturated heterocycles. The van der Waals surface area contributed by atoms with E-state index in [2.05, 4.69) is 4.90 Å². The van der Waals surface area contributed by atoms with Gasteiger partial charge in [-0.15, -0.1) is 0 Å². The second-order valence-electron chi connectivity index (χ2n) is 4.05.